The summed E-state index contributed by atoms with van der Waals surface area (Å²) >= 11 is 1.57. The van der Waals surface area contributed by atoms with E-state index < -0.39 is 5.60 Å². The van der Waals surface area contributed by atoms with Crippen LogP contribution in [0.15, 0.2) is 36.7 Å². The van der Waals surface area contributed by atoms with Crippen LogP contribution in [0.2, 0.25) is 0 Å². The number of hydrogen-bond acceptors (Lipinski definition) is 7. The predicted octanol–water partition coefficient (Wildman–Crippen LogP) is 5.15. The van der Waals surface area contributed by atoms with Crippen LogP contribution >= 0.6 is 11.3 Å². The topological polar surface area (TPSA) is 77.0 Å². The maximum absolute atomic E-state index is 11.9. The number of thiazole rings is 1. The number of nitrogens with zero attached hydrogens (tertiary/aromatic N) is 3. The summed E-state index contributed by atoms with van der Waals surface area (Å²) in [6.07, 6.45) is 3.99. The predicted molar refractivity (Wildman–Crippen MR) is 114 cm³/mol. The van der Waals surface area contributed by atoms with Crippen molar-refractivity contribution in [1.82, 2.24) is 15.0 Å². The summed E-state index contributed by atoms with van der Waals surface area (Å²) < 4.78 is 5.72. The standard InChI is InChI=1S/C22H24N4O2S/c1-13-8-15(10-16(9-13)26-20-23-7-6-14(2)25-20)17-12-24-19(29-17)22(5)21(3,4)11-18(27)28-22/h6-10,12H,11H2,1-5H3,(H,23,25,26). The lowest BCUT2D eigenvalue weighted by Gasteiger charge is -2.33. The fraction of sp³-hybridized carbons (Fsp3) is 0.364. The van der Waals surface area contributed by atoms with Crippen LogP contribution < -0.4 is 5.32 Å². The molecule has 0 saturated carbocycles. The Bertz CT molecular complexity index is 1090. The molecule has 0 bridgehead atoms. The van der Waals surface area contributed by atoms with E-state index in [0.717, 1.165) is 32.4 Å². The molecule has 1 fully saturated rings. The van der Waals surface area contributed by atoms with Gasteiger partial charge in [-0.15, -0.1) is 11.3 Å². The first-order valence-corrected chi connectivity index (χ1v) is 10.3. The van der Waals surface area contributed by atoms with Gasteiger partial charge in [-0.2, -0.15) is 0 Å². The van der Waals surface area contributed by atoms with Gasteiger partial charge in [0, 0.05) is 29.2 Å². The molecule has 150 valence electrons. The van der Waals surface area contributed by atoms with E-state index in [-0.39, 0.29) is 11.4 Å². The molecule has 7 heteroatoms. The van der Waals surface area contributed by atoms with Crippen LogP contribution in [-0.2, 0) is 15.1 Å². The van der Waals surface area contributed by atoms with Gasteiger partial charge in [0.1, 0.15) is 5.01 Å². The van der Waals surface area contributed by atoms with Crippen molar-refractivity contribution < 1.29 is 9.53 Å². The molecular weight excluding hydrogens is 384 g/mol. The molecule has 2 aromatic heterocycles. The van der Waals surface area contributed by atoms with E-state index in [9.17, 15) is 4.79 Å². The van der Waals surface area contributed by atoms with Gasteiger partial charge in [-0.05, 0) is 50.1 Å². The summed E-state index contributed by atoms with van der Waals surface area (Å²) in [5, 5.41) is 4.10. The van der Waals surface area contributed by atoms with Crippen LogP contribution in [0.25, 0.3) is 10.4 Å². The lowest BCUT2D eigenvalue weighted by atomic mass is 9.76. The number of carbonyl (C=O) groups is 1. The molecule has 0 spiro atoms. The number of ether oxygens (including phenoxy) is 1. The maximum Gasteiger partial charge on any atom is 0.307 e. The summed E-state index contributed by atoms with van der Waals surface area (Å²) in [4.78, 5) is 26.3. The monoisotopic (exact) mass is 408 g/mol. The van der Waals surface area contributed by atoms with Crippen molar-refractivity contribution >= 4 is 28.9 Å². The lowest BCUT2D eigenvalue weighted by Crippen LogP contribution is -2.35. The van der Waals surface area contributed by atoms with Crippen LogP contribution in [0, 0.1) is 19.3 Å². The number of rotatable bonds is 4. The van der Waals surface area contributed by atoms with Crippen molar-refractivity contribution in [2.75, 3.05) is 5.32 Å². The molecule has 1 aromatic carbocycles. The molecule has 1 aliphatic heterocycles. The quantitative estimate of drug-likeness (QED) is 0.602. The summed E-state index contributed by atoms with van der Waals surface area (Å²) in [6.45, 7) is 10.0. The summed E-state index contributed by atoms with van der Waals surface area (Å²) in [5.41, 5.74) is 2.97. The molecule has 0 amide bonds. The molecule has 1 unspecified atom stereocenters. The highest BCUT2D eigenvalue weighted by molar-refractivity contribution is 7.15. The minimum atomic E-state index is -0.715. The third-order valence-electron chi connectivity index (χ3n) is 5.52. The van der Waals surface area contributed by atoms with E-state index in [1.807, 2.05) is 26.1 Å². The zero-order chi connectivity index (χ0) is 20.8. The third kappa shape index (κ3) is 3.62. The second-order valence-electron chi connectivity index (χ2n) is 8.33. The van der Waals surface area contributed by atoms with E-state index >= 15 is 0 Å². The van der Waals surface area contributed by atoms with E-state index in [1.54, 1.807) is 17.5 Å². The van der Waals surface area contributed by atoms with Gasteiger partial charge in [0.05, 0.1) is 11.3 Å². The molecule has 0 aliphatic carbocycles. The van der Waals surface area contributed by atoms with Crippen molar-refractivity contribution in [3.05, 3.63) is 52.9 Å². The SMILES string of the molecule is Cc1cc(Nc2nccc(C)n2)cc(-c2cnc(C3(C)OC(=O)CC3(C)C)s2)c1. The first-order valence-electron chi connectivity index (χ1n) is 9.53. The number of anilines is 2. The Labute approximate surface area is 174 Å². The normalized spacial score (nSPS) is 20.5. The average molecular weight is 409 g/mol. The minimum absolute atomic E-state index is 0.172. The fourth-order valence-electron chi connectivity index (χ4n) is 3.53. The molecule has 4 rings (SSSR count). The van der Waals surface area contributed by atoms with Crippen LogP contribution in [0.5, 0.6) is 0 Å². The van der Waals surface area contributed by atoms with Gasteiger partial charge in [-0.1, -0.05) is 19.9 Å². The summed E-state index contributed by atoms with van der Waals surface area (Å²) in [5.74, 6) is 0.396. The Morgan fingerprint density at radius 2 is 1.93 bits per heavy atom. The molecule has 1 aliphatic rings. The van der Waals surface area contributed by atoms with Crippen molar-refractivity contribution in [2.45, 2.75) is 46.6 Å². The highest BCUT2D eigenvalue weighted by Gasteiger charge is 2.54. The average Bonchev–Trinajstić information content (AvgIpc) is 3.18. The molecule has 0 radical (unpaired) electrons. The molecule has 1 N–H and O–H groups in total. The van der Waals surface area contributed by atoms with Crippen LogP contribution in [0.3, 0.4) is 0 Å². The number of carbonyl (C=O) groups excluding carboxylic acids is 1. The summed E-state index contributed by atoms with van der Waals surface area (Å²) in [6, 6.07) is 8.10. The van der Waals surface area contributed by atoms with Gasteiger partial charge >= 0.3 is 5.97 Å². The number of cyclic esters (lactones) is 1. The van der Waals surface area contributed by atoms with E-state index in [2.05, 4.69) is 59.2 Å². The molecule has 3 aromatic rings. The van der Waals surface area contributed by atoms with Gasteiger partial charge in [-0.3, -0.25) is 4.79 Å². The van der Waals surface area contributed by atoms with E-state index in [1.165, 1.54) is 0 Å². The van der Waals surface area contributed by atoms with Gasteiger partial charge in [0.2, 0.25) is 5.95 Å². The van der Waals surface area contributed by atoms with Crippen molar-refractivity contribution in [3.63, 3.8) is 0 Å². The highest BCUT2D eigenvalue weighted by Crippen LogP contribution is 2.52. The molecular formula is C22H24N4O2S. The fourth-order valence-corrected chi connectivity index (χ4v) is 4.70. The zero-order valence-corrected chi connectivity index (χ0v) is 18.1. The van der Waals surface area contributed by atoms with Gasteiger partial charge in [-0.25, -0.2) is 15.0 Å². The first kappa shape index (κ1) is 19.5. The molecule has 6 nitrogen and oxygen atoms in total. The number of hydrogen-bond donors (Lipinski definition) is 1. The van der Waals surface area contributed by atoms with Gasteiger partial charge in [0.25, 0.3) is 0 Å². The smallest absolute Gasteiger partial charge is 0.307 e. The van der Waals surface area contributed by atoms with Crippen LogP contribution in [0.4, 0.5) is 11.6 Å². The van der Waals surface area contributed by atoms with Crippen molar-refractivity contribution in [1.29, 1.82) is 0 Å². The van der Waals surface area contributed by atoms with Gasteiger partial charge in [0.15, 0.2) is 5.60 Å². The second kappa shape index (κ2) is 6.91. The number of benzene rings is 1. The van der Waals surface area contributed by atoms with Gasteiger partial charge < -0.3 is 10.1 Å². The van der Waals surface area contributed by atoms with Crippen LogP contribution in [0.1, 0.15) is 43.5 Å². The zero-order valence-electron chi connectivity index (χ0n) is 17.2. The molecule has 29 heavy (non-hydrogen) atoms. The largest absolute Gasteiger partial charge is 0.451 e. The lowest BCUT2D eigenvalue weighted by molar-refractivity contribution is -0.150. The van der Waals surface area contributed by atoms with Crippen molar-refractivity contribution in [3.8, 4) is 10.4 Å². The molecule has 1 atom stereocenters. The Balaban J connectivity index is 1.66. The maximum atomic E-state index is 11.9. The Kier molecular flexibility index (Phi) is 4.65. The van der Waals surface area contributed by atoms with E-state index in [4.69, 9.17) is 4.74 Å². The number of aromatic nitrogens is 3. The number of esters is 1. The Morgan fingerprint density at radius 3 is 2.62 bits per heavy atom. The Morgan fingerprint density at radius 1 is 1.14 bits per heavy atom. The molecule has 1 saturated heterocycles. The second-order valence-corrected chi connectivity index (χ2v) is 9.36. The number of nitrogens with one attached hydrogen (secondary N) is 1. The van der Waals surface area contributed by atoms with Crippen molar-refractivity contribution in [2.24, 2.45) is 5.41 Å². The Hall–Kier alpha value is -2.80. The highest BCUT2D eigenvalue weighted by atomic mass is 32.1. The third-order valence-corrected chi connectivity index (χ3v) is 6.77. The minimum Gasteiger partial charge on any atom is -0.451 e. The molecule has 3 heterocycles. The number of aryl methyl sites for hydroxylation is 2. The van der Waals surface area contributed by atoms with E-state index in [0.29, 0.717) is 12.4 Å². The summed E-state index contributed by atoms with van der Waals surface area (Å²) in [7, 11) is 0. The first-order chi connectivity index (χ1) is 13.7. The van der Waals surface area contributed by atoms with Crippen LogP contribution in [-0.4, -0.2) is 20.9 Å².